The van der Waals surface area contributed by atoms with Gasteiger partial charge in [0.1, 0.15) is 11.8 Å². The molecule has 3 aliphatic rings. The second-order valence-corrected chi connectivity index (χ2v) is 8.14. The van der Waals surface area contributed by atoms with Crippen LogP contribution in [0.15, 0.2) is 12.7 Å². The molecule has 4 heterocycles. The van der Waals surface area contributed by atoms with Crippen molar-refractivity contribution in [2.75, 3.05) is 24.5 Å². The first-order chi connectivity index (χ1) is 12.8. The molecule has 0 unspecified atom stereocenters. The molecule has 0 bridgehead atoms. The van der Waals surface area contributed by atoms with E-state index in [-0.39, 0.29) is 5.41 Å². The Hall–Kier alpha value is -2.18. The number of piperidine rings is 1. The number of H-pyrrole nitrogens is 1. The Kier molecular flexibility index (Phi) is 3.83. The molecule has 5 rings (SSSR count). The summed E-state index contributed by atoms with van der Waals surface area (Å²) in [6.45, 7) is 2.58. The van der Waals surface area contributed by atoms with Crippen molar-refractivity contribution < 1.29 is 4.79 Å². The van der Waals surface area contributed by atoms with Crippen LogP contribution in [0.4, 0.5) is 5.82 Å². The standard InChI is InChI=1S/C19H26N6O/c26-18-19(7-4-9-25(18)14-5-2-1-3-6-14)8-10-24(11-19)17-15-16(21-12-20-15)22-13-23-17/h12-14H,1-11H2,(H,20,21,22,23)/t19-/m1/s1. The van der Waals surface area contributed by atoms with E-state index in [1.54, 1.807) is 12.7 Å². The molecule has 1 aliphatic carbocycles. The van der Waals surface area contributed by atoms with E-state index in [1.165, 1.54) is 32.1 Å². The molecular weight excluding hydrogens is 328 g/mol. The maximum Gasteiger partial charge on any atom is 0.230 e. The quantitative estimate of drug-likeness (QED) is 0.896. The van der Waals surface area contributed by atoms with Crippen molar-refractivity contribution in [2.24, 2.45) is 5.41 Å². The van der Waals surface area contributed by atoms with Gasteiger partial charge in [-0.3, -0.25) is 4.79 Å². The van der Waals surface area contributed by atoms with Gasteiger partial charge in [-0.05, 0) is 32.1 Å². The van der Waals surface area contributed by atoms with Crippen LogP contribution in [-0.2, 0) is 4.79 Å². The SMILES string of the molecule is O=C1N(C2CCCCC2)CCC[C@]12CCN(c1ncnc3nc[nH]c13)C2. The molecule has 2 aromatic heterocycles. The molecule has 26 heavy (non-hydrogen) atoms. The van der Waals surface area contributed by atoms with Crippen molar-refractivity contribution in [3.63, 3.8) is 0 Å². The Labute approximate surface area is 153 Å². The lowest BCUT2D eigenvalue weighted by Gasteiger charge is -2.44. The minimum atomic E-state index is -0.229. The van der Waals surface area contributed by atoms with Gasteiger partial charge < -0.3 is 14.8 Å². The number of hydrogen-bond donors (Lipinski definition) is 1. The molecule has 0 radical (unpaired) electrons. The van der Waals surface area contributed by atoms with Gasteiger partial charge in [0.05, 0.1) is 11.7 Å². The molecule has 1 saturated carbocycles. The fraction of sp³-hybridized carbons (Fsp3) is 0.684. The number of rotatable bonds is 2. The molecule has 2 aliphatic heterocycles. The number of carbonyl (C=O) groups is 1. The highest BCUT2D eigenvalue weighted by Gasteiger charge is 2.50. The Bertz CT molecular complexity index is 813. The molecule has 0 aromatic carbocycles. The number of nitrogens with one attached hydrogen (secondary N) is 1. The van der Waals surface area contributed by atoms with Gasteiger partial charge in [-0.15, -0.1) is 0 Å². The maximum absolute atomic E-state index is 13.5. The number of amides is 1. The van der Waals surface area contributed by atoms with Crippen LogP contribution in [0.25, 0.3) is 11.2 Å². The molecule has 7 heteroatoms. The zero-order chi connectivity index (χ0) is 17.6. The predicted octanol–water partition coefficient (Wildman–Crippen LogP) is 2.50. The zero-order valence-corrected chi connectivity index (χ0v) is 15.2. The largest absolute Gasteiger partial charge is 0.354 e. The van der Waals surface area contributed by atoms with E-state index in [9.17, 15) is 4.79 Å². The molecule has 1 amide bonds. The van der Waals surface area contributed by atoms with Crippen molar-refractivity contribution in [3.8, 4) is 0 Å². The third-order valence-electron chi connectivity index (χ3n) is 6.64. The summed E-state index contributed by atoms with van der Waals surface area (Å²) in [7, 11) is 0. The second kappa shape index (κ2) is 6.21. The first-order valence-corrected chi connectivity index (χ1v) is 9.97. The monoisotopic (exact) mass is 354 g/mol. The van der Waals surface area contributed by atoms with E-state index in [1.807, 2.05) is 0 Å². The van der Waals surface area contributed by atoms with E-state index in [0.29, 0.717) is 17.6 Å². The number of nitrogens with zero attached hydrogens (tertiary/aromatic N) is 5. The van der Waals surface area contributed by atoms with Gasteiger partial charge in [-0.2, -0.15) is 0 Å². The highest BCUT2D eigenvalue weighted by atomic mass is 16.2. The summed E-state index contributed by atoms with van der Waals surface area (Å²) in [6.07, 6.45) is 12.5. The van der Waals surface area contributed by atoms with E-state index >= 15 is 0 Å². The molecule has 2 saturated heterocycles. The Morgan fingerprint density at radius 2 is 1.92 bits per heavy atom. The van der Waals surface area contributed by atoms with E-state index in [0.717, 1.165) is 50.2 Å². The van der Waals surface area contributed by atoms with Crippen molar-refractivity contribution in [2.45, 2.75) is 57.4 Å². The van der Waals surface area contributed by atoms with Crippen LogP contribution in [-0.4, -0.2) is 56.4 Å². The molecule has 1 N–H and O–H groups in total. The fourth-order valence-electron chi connectivity index (χ4n) is 5.27. The Morgan fingerprint density at radius 1 is 1.04 bits per heavy atom. The van der Waals surface area contributed by atoms with Crippen LogP contribution in [0.1, 0.15) is 51.4 Å². The molecular formula is C19H26N6O. The number of imidazole rings is 1. The normalized spacial score (nSPS) is 27.8. The van der Waals surface area contributed by atoms with Gasteiger partial charge in [-0.1, -0.05) is 19.3 Å². The van der Waals surface area contributed by atoms with Gasteiger partial charge in [0.25, 0.3) is 0 Å². The average Bonchev–Trinajstić information content (AvgIpc) is 3.32. The maximum atomic E-state index is 13.5. The predicted molar refractivity (Wildman–Crippen MR) is 98.8 cm³/mol. The Balaban J connectivity index is 1.40. The van der Waals surface area contributed by atoms with Gasteiger partial charge >= 0.3 is 0 Å². The number of aromatic nitrogens is 4. The summed E-state index contributed by atoms with van der Waals surface area (Å²) >= 11 is 0. The lowest BCUT2D eigenvalue weighted by atomic mass is 9.77. The lowest BCUT2D eigenvalue weighted by Crippen LogP contribution is -2.54. The van der Waals surface area contributed by atoms with Crippen LogP contribution in [0.5, 0.6) is 0 Å². The summed E-state index contributed by atoms with van der Waals surface area (Å²) in [6, 6.07) is 0.473. The summed E-state index contributed by atoms with van der Waals surface area (Å²) in [5.41, 5.74) is 1.33. The number of anilines is 1. The van der Waals surface area contributed by atoms with Crippen LogP contribution < -0.4 is 4.90 Å². The second-order valence-electron chi connectivity index (χ2n) is 8.14. The van der Waals surface area contributed by atoms with Crippen molar-refractivity contribution in [1.82, 2.24) is 24.8 Å². The molecule has 1 atom stereocenters. The third kappa shape index (κ3) is 2.47. The van der Waals surface area contributed by atoms with Crippen LogP contribution in [0.3, 0.4) is 0 Å². The minimum Gasteiger partial charge on any atom is -0.354 e. The number of fused-ring (bicyclic) bond motifs is 1. The molecule has 3 fully saturated rings. The highest BCUT2D eigenvalue weighted by molar-refractivity contribution is 5.87. The number of likely N-dealkylation sites (tertiary alicyclic amines) is 1. The molecule has 2 aromatic rings. The first kappa shape index (κ1) is 16.0. The minimum absolute atomic E-state index is 0.229. The highest BCUT2D eigenvalue weighted by Crippen LogP contribution is 2.43. The zero-order valence-electron chi connectivity index (χ0n) is 15.2. The number of carbonyl (C=O) groups excluding carboxylic acids is 1. The third-order valence-corrected chi connectivity index (χ3v) is 6.64. The summed E-state index contributed by atoms with van der Waals surface area (Å²) in [5.74, 6) is 1.28. The van der Waals surface area contributed by atoms with E-state index in [4.69, 9.17) is 0 Å². The first-order valence-electron chi connectivity index (χ1n) is 9.97. The van der Waals surface area contributed by atoms with Gasteiger partial charge in [0, 0.05) is 25.7 Å². The topological polar surface area (TPSA) is 78.0 Å². The van der Waals surface area contributed by atoms with Gasteiger partial charge in [0.2, 0.25) is 5.91 Å². The van der Waals surface area contributed by atoms with Crippen molar-refractivity contribution in [3.05, 3.63) is 12.7 Å². The number of hydrogen-bond acceptors (Lipinski definition) is 5. The van der Waals surface area contributed by atoms with Crippen molar-refractivity contribution >= 4 is 22.9 Å². The smallest absolute Gasteiger partial charge is 0.230 e. The van der Waals surface area contributed by atoms with Crippen LogP contribution in [0, 0.1) is 5.41 Å². The van der Waals surface area contributed by atoms with E-state index in [2.05, 4.69) is 29.7 Å². The molecule has 7 nitrogen and oxygen atoms in total. The van der Waals surface area contributed by atoms with Crippen LogP contribution in [0.2, 0.25) is 0 Å². The van der Waals surface area contributed by atoms with Gasteiger partial charge in [0.15, 0.2) is 11.5 Å². The Morgan fingerprint density at radius 3 is 2.81 bits per heavy atom. The van der Waals surface area contributed by atoms with Crippen LogP contribution >= 0.6 is 0 Å². The summed E-state index contributed by atoms with van der Waals surface area (Å²) < 4.78 is 0. The number of aromatic amines is 1. The average molecular weight is 354 g/mol. The molecule has 138 valence electrons. The fourth-order valence-corrected chi connectivity index (χ4v) is 5.27. The lowest BCUT2D eigenvalue weighted by molar-refractivity contribution is -0.148. The van der Waals surface area contributed by atoms with E-state index < -0.39 is 0 Å². The van der Waals surface area contributed by atoms with Gasteiger partial charge in [-0.25, -0.2) is 15.0 Å². The van der Waals surface area contributed by atoms with Crippen molar-refractivity contribution in [1.29, 1.82) is 0 Å². The summed E-state index contributed by atoms with van der Waals surface area (Å²) in [5, 5.41) is 0. The summed E-state index contributed by atoms with van der Waals surface area (Å²) in [4.78, 5) is 34.1. The molecule has 1 spiro atoms.